The van der Waals surface area contributed by atoms with Crippen LogP contribution in [0.4, 0.5) is 5.82 Å². The number of methoxy groups -OCH3 is 1. The molecular formula is C21H25N3O3S. The molecule has 1 fully saturated rings. The Morgan fingerprint density at radius 1 is 1.04 bits per heavy atom. The highest BCUT2D eigenvalue weighted by molar-refractivity contribution is 7.13. The normalized spacial score (nSPS) is 16.3. The molecule has 0 amide bonds. The second-order valence-corrected chi connectivity index (χ2v) is 7.74. The Kier molecular flexibility index (Phi) is 5.95. The topological polar surface area (TPSA) is 58.1 Å². The minimum Gasteiger partial charge on any atom is -0.497 e. The Labute approximate surface area is 169 Å². The first-order valence-corrected chi connectivity index (χ1v) is 10.3. The Morgan fingerprint density at radius 3 is 2.50 bits per heavy atom. The van der Waals surface area contributed by atoms with Crippen LogP contribution in [0.3, 0.4) is 0 Å². The van der Waals surface area contributed by atoms with Gasteiger partial charge in [0.1, 0.15) is 30.0 Å². The van der Waals surface area contributed by atoms with Crippen LogP contribution in [0.2, 0.25) is 0 Å². The van der Waals surface area contributed by atoms with Crippen molar-refractivity contribution in [3.8, 4) is 11.5 Å². The van der Waals surface area contributed by atoms with E-state index in [2.05, 4.69) is 38.4 Å². The zero-order valence-electron chi connectivity index (χ0n) is 16.0. The smallest absolute Gasteiger partial charge is 0.150 e. The summed E-state index contributed by atoms with van der Waals surface area (Å²) < 4.78 is 16.7. The van der Waals surface area contributed by atoms with Gasteiger partial charge in [-0.2, -0.15) is 4.37 Å². The summed E-state index contributed by atoms with van der Waals surface area (Å²) >= 11 is 1.56. The SMILES string of the molecule is COc1ccc(OC[C@H](O)CN2CCN(c3nsc4ccccc34)CC2)cc1. The summed E-state index contributed by atoms with van der Waals surface area (Å²) in [6.07, 6.45) is -0.520. The van der Waals surface area contributed by atoms with Crippen LogP contribution in [-0.2, 0) is 0 Å². The number of piperazine rings is 1. The van der Waals surface area contributed by atoms with Crippen molar-refractivity contribution in [3.05, 3.63) is 48.5 Å². The number of fused-ring (bicyclic) bond motifs is 1. The lowest BCUT2D eigenvalue weighted by Gasteiger charge is -2.35. The lowest BCUT2D eigenvalue weighted by molar-refractivity contribution is 0.0663. The number of rotatable bonds is 7. The first-order chi connectivity index (χ1) is 13.7. The maximum absolute atomic E-state index is 10.3. The Hall–Kier alpha value is -2.35. The number of ether oxygens (including phenoxy) is 2. The molecule has 148 valence electrons. The fourth-order valence-corrected chi connectivity index (χ4v) is 4.25. The van der Waals surface area contributed by atoms with Crippen LogP contribution < -0.4 is 14.4 Å². The molecule has 2 heterocycles. The molecule has 28 heavy (non-hydrogen) atoms. The van der Waals surface area contributed by atoms with E-state index in [9.17, 15) is 5.11 Å². The van der Waals surface area contributed by atoms with Crippen LogP contribution in [0.1, 0.15) is 0 Å². The van der Waals surface area contributed by atoms with Crippen molar-refractivity contribution in [2.24, 2.45) is 0 Å². The third-order valence-electron chi connectivity index (χ3n) is 5.00. The Morgan fingerprint density at radius 2 is 1.75 bits per heavy atom. The van der Waals surface area contributed by atoms with Crippen LogP contribution in [0.15, 0.2) is 48.5 Å². The predicted octanol–water partition coefficient (Wildman–Crippen LogP) is 2.87. The fraction of sp³-hybridized carbons (Fsp3) is 0.381. The third-order valence-corrected chi connectivity index (χ3v) is 5.82. The number of hydrogen-bond donors (Lipinski definition) is 1. The van der Waals surface area contributed by atoms with Gasteiger partial charge in [-0.15, -0.1) is 0 Å². The quantitative estimate of drug-likeness (QED) is 0.659. The number of nitrogens with zero attached hydrogens (tertiary/aromatic N) is 3. The summed E-state index contributed by atoms with van der Waals surface area (Å²) in [4.78, 5) is 4.63. The molecule has 0 bridgehead atoms. The van der Waals surface area contributed by atoms with E-state index in [1.54, 1.807) is 18.6 Å². The number of hydrogen-bond acceptors (Lipinski definition) is 7. The second kappa shape index (κ2) is 8.77. The monoisotopic (exact) mass is 399 g/mol. The van der Waals surface area contributed by atoms with Crippen molar-refractivity contribution in [3.63, 3.8) is 0 Å². The molecule has 0 saturated carbocycles. The standard InChI is InChI=1S/C21H25N3O3S/c1-26-17-6-8-18(9-7-17)27-15-16(25)14-23-10-12-24(13-11-23)21-19-4-2-3-5-20(19)28-22-21/h2-9,16,25H,10-15H2,1H3/t16-/m1/s1. The highest BCUT2D eigenvalue weighted by Gasteiger charge is 2.22. The van der Waals surface area contributed by atoms with Crippen LogP contribution in [-0.4, -0.2) is 66.9 Å². The summed E-state index contributed by atoms with van der Waals surface area (Å²) in [6.45, 7) is 4.54. The molecule has 0 radical (unpaired) electrons. The summed E-state index contributed by atoms with van der Waals surface area (Å²) in [6, 6.07) is 15.8. The van der Waals surface area contributed by atoms with Crippen LogP contribution in [0.5, 0.6) is 11.5 Å². The molecule has 1 saturated heterocycles. The molecule has 0 unspecified atom stereocenters. The zero-order valence-corrected chi connectivity index (χ0v) is 16.8. The van der Waals surface area contributed by atoms with Crippen molar-refractivity contribution < 1.29 is 14.6 Å². The molecule has 1 atom stereocenters. The number of anilines is 1. The molecule has 0 spiro atoms. The summed E-state index contributed by atoms with van der Waals surface area (Å²) in [5.74, 6) is 2.61. The lowest BCUT2D eigenvalue weighted by atomic mass is 10.2. The number of aliphatic hydroxyl groups excluding tert-OH is 1. The van der Waals surface area contributed by atoms with Crippen molar-refractivity contribution in [2.75, 3.05) is 51.3 Å². The predicted molar refractivity (Wildman–Crippen MR) is 113 cm³/mol. The average molecular weight is 400 g/mol. The van der Waals surface area contributed by atoms with Gasteiger partial charge in [-0.05, 0) is 47.9 Å². The minimum atomic E-state index is -0.520. The van der Waals surface area contributed by atoms with Crippen molar-refractivity contribution in [1.29, 1.82) is 0 Å². The van der Waals surface area contributed by atoms with E-state index in [0.29, 0.717) is 6.54 Å². The summed E-state index contributed by atoms with van der Waals surface area (Å²) in [5.41, 5.74) is 0. The number of aliphatic hydroxyl groups is 1. The second-order valence-electron chi connectivity index (χ2n) is 6.93. The highest BCUT2D eigenvalue weighted by atomic mass is 32.1. The fourth-order valence-electron chi connectivity index (χ4n) is 3.46. The van der Waals surface area contributed by atoms with Crippen LogP contribution in [0.25, 0.3) is 10.1 Å². The molecule has 1 aromatic heterocycles. The Balaban J connectivity index is 1.24. The van der Waals surface area contributed by atoms with E-state index in [0.717, 1.165) is 43.5 Å². The average Bonchev–Trinajstić information content (AvgIpc) is 3.17. The number of benzene rings is 2. The lowest BCUT2D eigenvalue weighted by Crippen LogP contribution is -2.49. The molecule has 4 rings (SSSR count). The van der Waals surface area contributed by atoms with Crippen molar-refractivity contribution in [2.45, 2.75) is 6.10 Å². The maximum atomic E-state index is 10.3. The minimum absolute atomic E-state index is 0.281. The first kappa shape index (κ1) is 19.0. The van der Waals surface area contributed by atoms with Gasteiger partial charge in [0.05, 0.1) is 11.8 Å². The van der Waals surface area contributed by atoms with E-state index in [1.807, 2.05) is 24.3 Å². The molecule has 1 N–H and O–H groups in total. The van der Waals surface area contributed by atoms with Gasteiger partial charge in [0.15, 0.2) is 0 Å². The van der Waals surface area contributed by atoms with E-state index >= 15 is 0 Å². The van der Waals surface area contributed by atoms with E-state index in [-0.39, 0.29) is 6.61 Å². The first-order valence-electron chi connectivity index (χ1n) is 9.49. The molecule has 0 aliphatic carbocycles. The largest absolute Gasteiger partial charge is 0.497 e. The highest BCUT2D eigenvalue weighted by Crippen LogP contribution is 2.29. The molecule has 2 aromatic carbocycles. The molecule has 6 nitrogen and oxygen atoms in total. The van der Waals surface area contributed by atoms with E-state index < -0.39 is 6.10 Å². The van der Waals surface area contributed by atoms with Gasteiger partial charge in [-0.1, -0.05) is 12.1 Å². The molecule has 1 aliphatic rings. The van der Waals surface area contributed by atoms with Crippen LogP contribution >= 0.6 is 11.5 Å². The van der Waals surface area contributed by atoms with Gasteiger partial charge in [0.25, 0.3) is 0 Å². The van der Waals surface area contributed by atoms with Gasteiger partial charge in [0.2, 0.25) is 0 Å². The van der Waals surface area contributed by atoms with E-state index in [1.165, 1.54) is 10.1 Å². The van der Waals surface area contributed by atoms with Gasteiger partial charge < -0.3 is 19.5 Å². The molecule has 3 aromatic rings. The maximum Gasteiger partial charge on any atom is 0.150 e. The molecule has 7 heteroatoms. The molecular weight excluding hydrogens is 374 g/mol. The number of β-amino-alcohol motifs (C(OH)–C–C–N with tert-alkyl or cyclic N) is 1. The zero-order chi connectivity index (χ0) is 19.3. The Bertz CT molecular complexity index is 891. The summed E-state index contributed by atoms with van der Waals surface area (Å²) in [7, 11) is 1.64. The third kappa shape index (κ3) is 4.38. The van der Waals surface area contributed by atoms with Gasteiger partial charge in [-0.3, -0.25) is 4.90 Å². The molecule has 1 aliphatic heterocycles. The van der Waals surface area contributed by atoms with Crippen molar-refractivity contribution >= 4 is 27.4 Å². The van der Waals surface area contributed by atoms with Gasteiger partial charge in [-0.25, -0.2) is 0 Å². The van der Waals surface area contributed by atoms with Gasteiger partial charge >= 0.3 is 0 Å². The van der Waals surface area contributed by atoms with Gasteiger partial charge in [0, 0.05) is 38.1 Å². The number of aromatic nitrogens is 1. The van der Waals surface area contributed by atoms with E-state index in [4.69, 9.17) is 9.47 Å². The van der Waals surface area contributed by atoms with Crippen LogP contribution in [0, 0.1) is 0 Å². The van der Waals surface area contributed by atoms with Crippen molar-refractivity contribution in [1.82, 2.24) is 9.27 Å². The summed E-state index contributed by atoms with van der Waals surface area (Å²) in [5, 5.41) is 11.6.